The van der Waals surface area contributed by atoms with E-state index in [0.29, 0.717) is 6.61 Å². The first-order valence-electron chi connectivity index (χ1n) is 7.11. The van der Waals surface area contributed by atoms with E-state index >= 15 is 0 Å². The molecular formula is C14H27Cl2N3OS. The minimum absolute atomic E-state index is 0. The van der Waals surface area contributed by atoms with Crippen molar-refractivity contribution in [2.24, 2.45) is 5.92 Å². The van der Waals surface area contributed by atoms with E-state index < -0.39 is 0 Å². The van der Waals surface area contributed by atoms with Gasteiger partial charge in [0.1, 0.15) is 5.01 Å². The summed E-state index contributed by atoms with van der Waals surface area (Å²) in [6.45, 7) is 5.21. The van der Waals surface area contributed by atoms with Gasteiger partial charge in [-0.25, -0.2) is 4.98 Å². The fraction of sp³-hybridized carbons (Fsp3) is 0.786. The summed E-state index contributed by atoms with van der Waals surface area (Å²) < 4.78 is 5.11. The van der Waals surface area contributed by atoms with Crippen LogP contribution in [0.4, 0.5) is 0 Å². The molecule has 0 unspecified atom stereocenters. The molecular weight excluding hydrogens is 329 g/mol. The molecule has 0 atom stereocenters. The van der Waals surface area contributed by atoms with Gasteiger partial charge < -0.3 is 10.1 Å². The fourth-order valence-electron chi connectivity index (χ4n) is 2.62. The summed E-state index contributed by atoms with van der Waals surface area (Å²) >= 11 is 1.70. The molecule has 0 spiro atoms. The first-order valence-corrected chi connectivity index (χ1v) is 7.99. The molecule has 124 valence electrons. The van der Waals surface area contributed by atoms with Crippen LogP contribution in [0, 0.1) is 5.92 Å². The van der Waals surface area contributed by atoms with Crippen LogP contribution in [0.1, 0.15) is 30.0 Å². The van der Waals surface area contributed by atoms with E-state index in [2.05, 4.69) is 20.6 Å². The molecule has 1 N–H and O–H groups in total. The molecule has 0 radical (unpaired) electrons. The van der Waals surface area contributed by atoms with Crippen LogP contribution in [-0.4, -0.2) is 43.7 Å². The van der Waals surface area contributed by atoms with Gasteiger partial charge in [-0.05, 0) is 51.9 Å². The zero-order valence-corrected chi connectivity index (χ0v) is 15.3. The number of likely N-dealkylation sites (tertiary alicyclic amines) is 1. The van der Waals surface area contributed by atoms with E-state index in [9.17, 15) is 0 Å². The normalized spacial score (nSPS) is 16.3. The number of hydrogen-bond donors (Lipinski definition) is 1. The molecule has 0 saturated carbocycles. The number of halogens is 2. The van der Waals surface area contributed by atoms with Crippen LogP contribution in [-0.2, 0) is 17.9 Å². The summed E-state index contributed by atoms with van der Waals surface area (Å²) in [4.78, 5) is 7.13. The third-order valence-electron chi connectivity index (χ3n) is 3.76. The predicted octanol–water partition coefficient (Wildman–Crippen LogP) is 2.95. The van der Waals surface area contributed by atoms with Gasteiger partial charge in [-0.3, -0.25) is 4.90 Å². The largest absolute Gasteiger partial charge is 0.378 e. The summed E-state index contributed by atoms with van der Waals surface area (Å²) in [5.74, 6) is 0.906. The number of thiazole rings is 1. The molecule has 0 aromatic carbocycles. The average molecular weight is 356 g/mol. The number of nitrogens with one attached hydrogen (secondary N) is 1. The average Bonchev–Trinajstić information content (AvgIpc) is 2.86. The van der Waals surface area contributed by atoms with Crippen molar-refractivity contribution in [2.45, 2.75) is 32.4 Å². The molecule has 2 heterocycles. The molecule has 1 saturated heterocycles. The van der Waals surface area contributed by atoms with Crippen LogP contribution >= 0.6 is 36.2 Å². The molecule has 0 amide bonds. The lowest BCUT2D eigenvalue weighted by atomic mass is 9.93. The molecule has 7 heteroatoms. The van der Waals surface area contributed by atoms with Crippen molar-refractivity contribution in [2.75, 3.05) is 33.8 Å². The molecule has 2 rings (SSSR count). The molecule has 1 aliphatic heterocycles. The highest BCUT2D eigenvalue weighted by Crippen LogP contribution is 2.22. The van der Waals surface area contributed by atoms with Gasteiger partial charge in [-0.15, -0.1) is 36.2 Å². The van der Waals surface area contributed by atoms with Gasteiger partial charge in [0, 0.05) is 19.0 Å². The third kappa shape index (κ3) is 7.26. The number of rotatable bonds is 7. The Bertz CT molecular complexity index is 371. The van der Waals surface area contributed by atoms with Crippen molar-refractivity contribution in [3.8, 4) is 0 Å². The van der Waals surface area contributed by atoms with Crippen molar-refractivity contribution in [1.82, 2.24) is 15.2 Å². The highest BCUT2D eigenvalue weighted by Gasteiger charge is 2.19. The second-order valence-electron chi connectivity index (χ2n) is 5.28. The molecule has 0 aliphatic carbocycles. The van der Waals surface area contributed by atoms with Crippen molar-refractivity contribution in [3.05, 3.63) is 16.1 Å². The number of nitrogens with zero attached hydrogens (tertiary/aromatic N) is 2. The second kappa shape index (κ2) is 11.6. The van der Waals surface area contributed by atoms with E-state index in [1.165, 1.54) is 38.0 Å². The Morgan fingerprint density at radius 3 is 2.71 bits per heavy atom. The first kappa shape index (κ1) is 21.1. The Morgan fingerprint density at radius 1 is 1.38 bits per heavy atom. The summed E-state index contributed by atoms with van der Waals surface area (Å²) in [7, 11) is 3.76. The highest BCUT2D eigenvalue weighted by atomic mass is 35.5. The van der Waals surface area contributed by atoms with Gasteiger partial charge in [-0.2, -0.15) is 0 Å². The van der Waals surface area contributed by atoms with E-state index in [0.717, 1.165) is 24.0 Å². The third-order valence-corrected chi connectivity index (χ3v) is 4.63. The summed E-state index contributed by atoms with van der Waals surface area (Å²) in [5.41, 5.74) is 1.20. The Morgan fingerprint density at radius 2 is 2.10 bits per heavy atom. The van der Waals surface area contributed by atoms with E-state index in [1.54, 1.807) is 18.4 Å². The van der Waals surface area contributed by atoms with E-state index in [-0.39, 0.29) is 24.8 Å². The molecule has 1 aromatic heterocycles. The Kier molecular flexibility index (Phi) is 11.7. The Hall–Kier alpha value is 0.0900. The van der Waals surface area contributed by atoms with Crippen molar-refractivity contribution >= 4 is 36.2 Å². The Labute approximate surface area is 144 Å². The SMILES string of the molecule is CNCCC1CCN(Cc2csc(COC)n2)CC1.Cl.Cl. The van der Waals surface area contributed by atoms with Gasteiger partial charge in [-0.1, -0.05) is 0 Å². The monoisotopic (exact) mass is 355 g/mol. The molecule has 1 aromatic rings. The predicted molar refractivity (Wildman–Crippen MR) is 93.9 cm³/mol. The summed E-state index contributed by atoms with van der Waals surface area (Å²) in [6.07, 6.45) is 3.98. The van der Waals surface area contributed by atoms with Crippen LogP contribution in [0.15, 0.2) is 5.38 Å². The number of ether oxygens (including phenoxy) is 1. The van der Waals surface area contributed by atoms with Gasteiger partial charge in [0.05, 0.1) is 12.3 Å². The van der Waals surface area contributed by atoms with Gasteiger partial charge in [0.15, 0.2) is 0 Å². The van der Waals surface area contributed by atoms with Crippen LogP contribution in [0.2, 0.25) is 0 Å². The number of methoxy groups -OCH3 is 1. The molecule has 0 bridgehead atoms. The topological polar surface area (TPSA) is 37.4 Å². The molecule has 1 aliphatic rings. The minimum Gasteiger partial charge on any atom is -0.378 e. The highest BCUT2D eigenvalue weighted by molar-refractivity contribution is 7.09. The van der Waals surface area contributed by atoms with Crippen LogP contribution in [0.3, 0.4) is 0 Å². The standard InChI is InChI=1S/C14H25N3OS.2ClH/c1-15-6-3-12-4-7-17(8-5-12)9-13-11-19-14(16-13)10-18-2;;/h11-12,15H,3-10H2,1-2H3;2*1H. The van der Waals surface area contributed by atoms with Gasteiger partial charge in [0.25, 0.3) is 0 Å². The molecule has 21 heavy (non-hydrogen) atoms. The zero-order chi connectivity index (χ0) is 13.5. The summed E-state index contributed by atoms with van der Waals surface area (Å²) in [5, 5.41) is 6.50. The molecule has 4 nitrogen and oxygen atoms in total. The van der Waals surface area contributed by atoms with Gasteiger partial charge >= 0.3 is 0 Å². The lowest BCUT2D eigenvalue weighted by Crippen LogP contribution is -2.34. The van der Waals surface area contributed by atoms with Crippen molar-refractivity contribution in [1.29, 1.82) is 0 Å². The van der Waals surface area contributed by atoms with E-state index in [1.807, 2.05) is 7.05 Å². The maximum Gasteiger partial charge on any atom is 0.119 e. The summed E-state index contributed by atoms with van der Waals surface area (Å²) in [6, 6.07) is 0. The lowest BCUT2D eigenvalue weighted by Gasteiger charge is -2.31. The quantitative estimate of drug-likeness (QED) is 0.815. The first-order chi connectivity index (χ1) is 9.31. The minimum atomic E-state index is 0. The van der Waals surface area contributed by atoms with E-state index in [4.69, 9.17) is 4.74 Å². The smallest absolute Gasteiger partial charge is 0.119 e. The van der Waals surface area contributed by atoms with Crippen LogP contribution < -0.4 is 5.32 Å². The van der Waals surface area contributed by atoms with Crippen molar-refractivity contribution < 1.29 is 4.74 Å². The van der Waals surface area contributed by atoms with Crippen molar-refractivity contribution in [3.63, 3.8) is 0 Å². The maximum atomic E-state index is 5.11. The maximum absolute atomic E-state index is 5.11. The van der Waals surface area contributed by atoms with Gasteiger partial charge in [0.2, 0.25) is 0 Å². The second-order valence-corrected chi connectivity index (χ2v) is 6.22. The Balaban J connectivity index is 0.00000200. The number of hydrogen-bond acceptors (Lipinski definition) is 5. The number of aromatic nitrogens is 1. The lowest BCUT2D eigenvalue weighted by molar-refractivity contribution is 0.169. The fourth-order valence-corrected chi connectivity index (χ4v) is 3.38. The van der Waals surface area contributed by atoms with Crippen LogP contribution in [0.5, 0.6) is 0 Å². The number of piperidine rings is 1. The van der Waals surface area contributed by atoms with Crippen LogP contribution in [0.25, 0.3) is 0 Å². The zero-order valence-electron chi connectivity index (χ0n) is 12.8. The molecule has 1 fully saturated rings.